The van der Waals surface area contributed by atoms with E-state index in [9.17, 15) is 8.42 Å². The molecule has 0 aliphatic carbocycles. The van der Waals surface area contributed by atoms with Crippen molar-refractivity contribution in [3.05, 3.63) is 23.0 Å². The van der Waals surface area contributed by atoms with Crippen LogP contribution in [0.1, 0.15) is 129 Å². The van der Waals surface area contributed by atoms with Gasteiger partial charge in [-0.1, -0.05) is 117 Å². The summed E-state index contributed by atoms with van der Waals surface area (Å²) in [6.07, 6.45) is 20.7. The second-order valence-corrected chi connectivity index (χ2v) is 10.2. The predicted molar refractivity (Wildman–Crippen MR) is 122 cm³/mol. The van der Waals surface area contributed by atoms with E-state index in [1.54, 1.807) is 0 Å². The van der Waals surface area contributed by atoms with Crippen molar-refractivity contribution in [2.75, 3.05) is 0 Å². The fourth-order valence-electron chi connectivity index (χ4n) is 3.38. The van der Waals surface area contributed by atoms with Crippen LogP contribution in [0.15, 0.2) is 23.0 Å². The fraction of sp³-hybridized carbons (Fsp3) is 0.833. The van der Waals surface area contributed by atoms with E-state index in [0.717, 1.165) is 25.7 Å². The lowest BCUT2D eigenvalue weighted by Crippen LogP contribution is -2.06. The number of unbranched alkanes of at least 4 members (excludes halogenated alkanes) is 14. The van der Waals surface area contributed by atoms with Crippen LogP contribution in [-0.2, 0) is 9.84 Å². The highest BCUT2D eigenvalue weighted by Crippen LogP contribution is 2.24. The number of allylic oxidation sites excluding steroid dienone is 2. The minimum absolute atomic E-state index is 0.373. The van der Waals surface area contributed by atoms with Crippen LogP contribution in [0.3, 0.4) is 0 Å². The molecule has 27 heavy (non-hydrogen) atoms. The summed E-state index contributed by atoms with van der Waals surface area (Å²) < 4.78 is 25.0. The molecule has 0 aromatic rings. The van der Waals surface area contributed by atoms with Crippen LogP contribution in [0, 0.1) is 0 Å². The van der Waals surface area contributed by atoms with E-state index in [1.165, 1.54) is 77.0 Å². The Morgan fingerprint density at radius 2 is 0.778 bits per heavy atom. The standard InChI is InChI=1S/C24H46O2S/c1-5-7-9-11-13-15-17-19-21-23(3)27(25,26)24(4)22-20-18-16-14-12-10-8-6-2/h3-22H2,1-2H3. The summed E-state index contributed by atoms with van der Waals surface area (Å²) in [5.41, 5.74) is 0. The third-order valence-electron chi connectivity index (χ3n) is 5.38. The molecule has 0 spiro atoms. The summed E-state index contributed by atoms with van der Waals surface area (Å²) in [4.78, 5) is 0.746. The number of sulfone groups is 1. The van der Waals surface area contributed by atoms with E-state index in [4.69, 9.17) is 0 Å². The van der Waals surface area contributed by atoms with Gasteiger partial charge in [-0.25, -0.2) is 8.42 Å². The highest BCUT2D eigenvalue weighted by molar-refractivity contribution is 7.98. The molecule has 0 atom stereocenters. The molecule has 160 valence electrons. The molecule has 0 aromatic heterocycles. The molecule has 0 fully saturated rings. The highest BCUT2D eigenvalue weighted by Gasteiger charge is 2.19. The zero-order chi connectivity index (χ0) is 20.4. The summed E-state index contributed by atoms with van der Waals surface area (Å²) in [5.74, 6) is 0. The quantitative estimate of drug-likeness (QED) is 0.193. The van der Waals surface area contributed by atoms with Gasteiger partial charge in [-0.15, -0.1) is 0 Å². The summed E-state index contributed by atoms with van der Waals surface area (Å²) in [6, 6.07) is 0. The third-order valence-corrected chi connectivity index (χ3v) is 7.31. The van der Waals surface area contributed by atoms with Crippen molar-refractivity contribution in [1.29, 1.82) is 0 Å². The van der Waals surface area contributed by atoms with Gasteiger partial charge in [-0.3, -0.25) is 0 Å². The maximum absolute atomic E-state index is 12.5. The molecule has 0 radical (unpaired) electrons. The lowest BCUT2D eigenvalue weighted by molar-refractivity contribution is 0.570. The molecule has 0 amide bonds. The average Bonchev–Trinajstić information content (AvgIpc) is 2.65. The second-order valence-electron chi connectivity index (χ2n) is 8.03. The van der Waals surface area contributed by atoms with Crippen molar-refractivity contribution >= 4 is 9.84 Å². The first kappa shape index (κ1) is 26.4. The van der Waals surface area contributed by atoms with Crippen molar-refractivity contribution in [1.82, 2.24) is 0 Å². The molecule has 0 rings (SSSR count). The van der Waals surface area contributed by atoms with Crippen LogP contribution in [0.25, 0.3) is 0 Å². The number of hydrogen-bond acceptors (Lipinski definition) is 2. The first-order valence-electron chi connectivity index (χ1n) is 11.6. The molecule has 0 aromatic carbocycles. The van der Waals surface area contributed by atoms with E-state index in [1.807, 2.05) is 0 Å². The Bertz CT molecular complexity index is 439. The Morgan fingerprint density at radius 3 is 1.07 bits per heavy atom. The minimum Gasteiger partial charge on any atom is -0.219 e. The zero-order valence-electron chi connectivity index (χ0n) is 18.4. The Morgan fingerprint density at radius 1 is 0.519 bits per heavy atom. The first-order chi connectivity index (χ1) is 13.0. The summed E-state index contributed by atoms with van der Waals surface area (Å²) in [5, 5.41) is 0. The van der Waals surface area contributed by atoms with Gasteiger partial charge in [0.15, 0.2) is 9.84 Å². The molecular weight excluding hydrogens is 352 g/mol. The Labute approximate surface area is 170 Å². The van der Waals surface area contributed by atoms with E-state index in [0.29, 0.717) is 22.7 Å². The van der Waals surface area contributed by atoms with Crippen LogP contribution < -0.4 is 0 Å². The van der Waals surface area contributed by atoms with Gasteiger partial charge in [0.1, 0.15) is 0 Å². The fourth-order valence-corrected chi connectivity index (χ4v) is 4.62. The lowest BCUT2D eigenvalue weighted by Gasteiger charge is -2.10. The first-order valence-corrected chi connectivity index (χ1v) is 13.1. The van der Waals surface area contributed by atoms with E-state index < -0.39 is 9.84 Å². The van der Waals surface area contributed by atoms with Crippen LogP contribution in [0.2, 0.25) is 0 Å². The van der Waals surface area contributed by atoms with Crippen LogP contribution >= 0.6 is 0 Å². The molecule has 0 saturated carbocycles. The predicted octanol–water partition coefficient (Wildman–Crippen LogP) is 8.49. The Balaban J connectivity index is 3.81. The van der Waals surface area contributed by atoms with Gasteiger partial charge in [0.2, 0.25) is 0 Å². The summed E-state index contributed by atoms with van der Waals surface area (Å²) in [7, 11) is -3.34. The Kier molecular flexibility index (Phi) is 17.2. The SMILES string of the molecule is C=C(CCCCCCCCCC)S(=O)(=O)C(=C)CCCCCCCCCC. The third kappa shape index (κ3) is 14.1. The van der Waals surface area contributed by atoms with Crippen molar-refractivity contribution < 1.29 is 8.42 Å². The van der Waals surface area contributed by atoms with Gasteiger partial charge in [-0.2, -0.15) is 0 Å². The monoisotopic (exact) mass is 398 g/mol. The van der Waals surface area contributed by atoms with Crippen molar-refractivity contribution in [2.24, 2.45) is 0 Å². The smallest absolute Gasteiger partial charge is 0.197 e. The molecule has 0 unspecified atom stereocenters. The zero-order valence-corrected chi connectivity index (χ0v) is 19.2. The van der Waals surface area contributed by atoms with Gasteiger partial charge in [0.25, 0.3) is 0 Å². The molecule has 0 heterocycles. The maximum atomic E-state index is 12.5. The van der Waals surface area contributed by atoms with Gasteiger partial charge in [0.05, 0.1) is 0 Å². The largest absolute Gasteiger partial charge is 0.219 e. The highest BCUT2D eigenvalue weighted by atomic mass is 32.2. The maximum Gasteiger partial charge on any atom is 0.197 e. The van der Waals surface area contributed by atoms with E-state index in [-0.39, 0.29) is 0 Å². The van der Waals surface area contributed by atoms with Crippen molar-refractivity contribution in [3.63, 3.8) is 0 Å². The molecule has 3 heteroatoms. The van der Waals surface area contributed by atoms with Gasteiger partial charge >= 0.3 is 0 Å². The van der Waals surface area contributed by atoms with Gasteiger partial charge < -0.3 is 0 Å². The lowest BCUT2D eigenvalue weighted by atomic mass is 10.1. The van der Waals surface area contributed by atoms with E-state index >= 15 is 0 Å². The molecule has 2 nitrogen and oxygen atoms in total. The molecule has 0 aliphatic rings. The van der Waals surface area contributed by atoms with Crippen LogP contribution in [-0.4, -0.2) is 8.42 Å². The molecular formula is C24H46O2S. The van der Waals surface area contributed by atoms with Crippen molar-refractivity contribution in [2.45, 2.75) is 129 Å². The molecule has 0 saturated heterocycles. The van der Waals surface area contributed by atoms with Crippen molar-refractivity contribution in [3.8, 4) is 0 Å². The molecule has 0 aliphatic heterocycles. The van der Waals surface area contributed by atoms with Gasteiger partial charge in [-0.05, 0) is 25.7 Å². The van der Waals surface area contributed by atoms with Crippen LogP contribution in [0.5, 0.6) is 0 Å². The molecule has 0 N–H and O–H groups in total. The van der Waals surface area contributed by atoms with Gasteiger partial charge in [0, 0.05) is 9.81 Å². The normalized spacial score (nSPS) is 11.6. The second kappa shape index (κ2) is 17.5. The topological polar surface area (TPSA) is 34.1 Å². The number of rotatable bonds is 20. The minimum atomic E-state index is -3.34. The Hall–Kier alpha value is -0.570. The van der Waals surface area contributed by atoms with E-state index in [2.05, 4.69) is 27.0 Å². The summed E-state index contributed by atoms with van der Waals surface area (Å²) in [6.45, 7) is 12.1. The van der Waals surface area contributed by atoms with Crippen LogP contribution in [0.4, 0.5) is 0 Å². The average molecular weight is 399 g/mol. The number of hydrogen-bond donors (Lipinski definition) is 0. The molecule has 0 bridgehead atoms. The summed E-state index contributed by atoms with van der Waals surface area (Å²) >= 11 is 0.